The molecule has 1 heterocycles. The molecule has 1 aliphatic heterocycles. The highest BCUT2D eigenvalue weighted by molar-refractivity contribution is 5.50. The number of hydrogen-bond acceptors (Lipinski definition) is 2. The van der Waals surface area contributed by atoms with Crippen LogP contribution in [0.4, 0.5) is 5.69 Å². The monoisotopic (exact) mass is 233 g/mol. The van der Waals surface area contributed by atoms with Gasteiger partial charge in [0.25, 0.3) is 0 Å². The standard InChI is InChI=1S/C15H23NO/c1-12(2)13-7-9-16(10-8-13)14-5-4-6-15(11-14)17-3/h4-6,11-13H,7-10H2,1-3H3. The third-order valence-electron chi connectivity index (χ3n) is 3.90. The number of nitrogens with zero attached hydrogens (tertiary/aromatic N) is 1. The molecular formula is C15H23NO. The first-order valence-corrected chi connectivity index (χ1v) is 6.59. The van der Waals surface area contributed by atoms with Crippen LogP contribution in [-0.4, -0.2) is 20.2 Å². The summed E-state index contributed by atoms with van der Waals surface area (Å²) < 4.78 is 5.28. The Labute approximate surface area is 105 Å². The molecule has 2 rings (SSSR count). The minimum absolute atomic E-state index is 0.822. The Balaban J connectivity index is 2.00. The molecule has 1 aromatic rings. The van der Waals surface area contributed by atoms with Crippen molar-refractivity contribution in [2.45, 2.75) is 26.7 Å². The summed E-state index contributed by atoms with van der Waals surface area (Å²) in [6, 6.07) is 8.39. The van der Waals surface area contributed by atoms with Gasteiger partial charge in [0.2, 0.25) is 0 Å². The molecule has 0 aromatic heterocycles. The van der Waals surface area contributed by atoms with Crippen LogP contribution < -0.4 is 9.64 Å². The molecule has 0 saturated carbocycles. The predicted molar refractivity (Wildman–Crippen MR) is 72.8 cm³/mol. The Morgan fingerprint density at radius 3 is 2.53 bits per heavy atom. The zero-order valence-electron chi connectivity index (χ0n) is 11.1. The molecule has 94 valence electrons. The average Bonchev–Trinajstić information content (AvgIpc) is 2.39. The number of anilines is 1. The molecule has 2 heteroatoms. The first kappa shape index (κ1) is 12.3. The van der Waals surface area contributed by atoms with Crippen molar-refractivity contribution in [3.63, 3.8) is 0 Å². The molecule has 2 nitrogen and oxygen atoms in total. The van der Waals surface area contributed by atoms with Crippen LogP contribution in [-0.2, 0) is 0 Å². The van der Waals surface area contributed by atoms with Gasteiger partial charge >= 0.3 is 0 Å². The molecule has 17 heavy (non-hydrogen) atoms. The Morgan fingerprint density at radius 2 is 1.94 bits per heavy atom. The quantitative estimate of drug-likeness (QED) is 0.791. The van der Waals surface area contributed by atoms with Crippen LogP contribution in [0.25, 0.3) is 0 Å². The van der Waals surface area contributed by atoms with Crippen molar-refractivity contribution in [2.75, 3.05) is 25.1 Å². The van der Waals surface area contributed by atoms with Crippen LogP contribution in [0.1, 0.15) is 26.7 Å². The summed E-state index contributed by atoms with van der Waals surface area (Å²) in [4.78, 5) is 2.47. The second kappa shape index (κ2) is 5.44. The van der Waals surface area contributed by atoms with Gasteiger partial charge in [-0.3, -0.25) is 0 Å². The largest absolute Gasteiger partial charge is 0.497 e. The molecule has 0 spiro atoms. The van der Waals surface area contributed by atoms with E-state index in [0.717, 1.165) is 17.6 Å². The Morgan fingerprint density at radius 1 is 1.24 bits per heavy atom. The van der Waals surface area contributed by atoms with Crippen LogP contribution in [0.5, 0.6) is 5.75 Å². The third-order valence-corrected chi connectivity index (χ3v) is 3.90. The number of piperidine rings is 1. The molecule has 0 bridgehead atoms. The van der Waals surface area contributed by atoms with E-state index >= 15 is 0 Å². The van der Waals surface area contributed by atoms with Gasteiger partial charge in [-0.1, -0.05) is 19.9 Å². The van der Waals surface area contributed by atoms with E-state index in [1.807, 2.05) is 6.07 Å². The molecule has 1 aromatic carbocycles. The van der Waals surface area contributed by atoms with E-state index < -0.39 is 0 Å². The van der Waals surface area contributed by atoms with Gasteiger partial charge in [0.1, 0.15) is 5.75 Å². The highest BCUT2D eigenvalue weighted by Crippen LogP contribution is 2.29. The lowest BCUT2D eigenvalue weighted by molar-refractivity contribution is 0.311. The lowest BCUT2D eigenvalue weighted by atomic mass is 9.86. The zero-order valence-corrected chi connectivity index (χ0v) is 11.1. The van der Waals surface area contributed by atoms with Crippen LogP contribution >= 0.6 is 0 Å². The smallest absolute Gasteiger partial charge is 0.120 e. The average molecular weight is 233 g/mol. The maximum atomic E-state index is 5.28. The van der Waals surface area contributed by atoms with E-state index in [1.54, 1.807) is 7.11 Å². The van der Waals surface area contributed by atoms with Gasteiger partial charge in [-0.05, 0) is 36.8 Å². The normalized spacial score (nSPS) is 17.5. The van der Waals surface area contributed by atoms with Gasteiger partial charge in [-0.25, -0.2) is 0 Å². The van der Waals surface area contributed by atoms with E-state index in [2.05, 4.69) is 36.9 Å². The Hall–Kier alpha value is -1.18. The molecule has 0 radical (unpaired) electrons. The molecular weight excluding hydrogens is 210 g/mol. The number of ether oxygens (including phenoxy) is 1. The topological polar surface area (TPSA) is 12.5 Å². The molecule has 0 unspecified atom stereocenters. The molecule has 1 fully saturated rings. The summed E-state index contributed by atoms with van der Waals surface area (Å²) in [6.07, 6.45) is 2.63. The highest BCUT2D eigenvalue weighted by Gasteiger charge is 2.21. The molecule has 1 saturated heterocycles. The number of rotatable bonds is 3. The summed E-state index contributed by atoms with van der Waals surface area (Å²) in [7, 11) is 1.73. The van der Waals surface area contributed by atoms with E-state index in [0.29, 0.717) is 0 Å². The number of benzene rings is 1. The van der Waals surface area contributed by atoms with E-state index in [-0.39, 0.29) is 0 Å². The second-order valence-corrected chi connectivity index (χ2v) is 5.27. The molecule has 0 N–H and O–H groups in total. The highest BCUT2D eigenvalue weighted by atomic mass is 16.5. The summed E-state index contributed by atoms with van der Waals surface area (Å²) in [6.45, 7) is 7.03. The van der Waals surface area contributed by atoms with Crippen LogP contribution in [0.2, 0.25) is 0 Å². The molecule has 0 amide bonds. The first-order valence-electron chi connectivity index (χ1n) is 6.59. The van der Waals surface area contributed by atoms with Crippen molar-refractivity contribution < 1.29 is 4.74 Å². The van der Waals surface area contributed by atoms with Crippen molar-refractivity contribution in [1.82, 2.24) is 0 Å². The van der Waals surface area contributed by atoms with Gasteiger partial charge < -0.3 is 9.64 Å². The summed E-state index contributed by atoms with van der Waals surface area (Å²) >= 11 is 0. The minimum atomic E-state index is 0.822. The van der Waals surface area contributed by atoms with Gasteiger partial charge in [0, 0.05) is 24.8 Å². The fraction of sp³-hybridized carbons (Fsp3) is 0.600. The predicted octanol–water partition coefficient (Wildman–Crippen LogP) is 3.57. The van der Waals surface area contributed by atoms with Crippen molar-refractivity contribution in [3.8, 4) is 5.75 Å². The number of hydrogen-bond donors (Lipinski definition) is 0. The lowest BCUT2D eigenvalue weighted by Gasteiger charge is -2.35. The molecule has 1 aliphatic rings. The SMILES string of the molecule is COc1cccc(N2CCC(C(C)C)CC2)c1. The van der Waals surface area contributed by atoms with Crippen molar-refractivity contribution in [1.29, 1.82) is 0 Å². The maximum absolute atomic E-state index is 5.28. The summed E-state index contributed by atoms with van der Waals surface area (Å²) in [5, 5.41) is 0. The lowest BCUT2D eigenvalue weighted by Crippen LogP contribution is -2.35. The van der Waals surface area contributed by atoms with E-state index in [1.165, 1.54) is 31.6 Å². The second-order valence-electron chi connectivity index (χ2n) is 5.27. The Bertz CT molecular complexity index is 354. The fourth-order valence-electron chi connectivity index (χ4n) is 2.63. The maximum Gasteiger partial charge on any atom is 0.120 e. The zero-order chi connectivity index (χ0) is 12.3. The first-order chi connectivity index (χ1) is 8.20. The van der Waals surface area contributed by atoms with Crippen LogP contribution in [0.15, 0.2) is 24.3 Å². The van der Waals surface area contributed by atoms with Crippen molar-refractivity contribution in [2.24, 2.45) is 11.8 Å². The van der Waals surface area contributed by atoms with Crippen molar-refractivity contribution in [3.05, 3.63) is 24.3 Å². The number of methoxy groups -OCH3 is 1. The molecule has 0 aliphatic carbocycles. The van der Waals surface area contributed by atoms with Crippen LogP contribution in [0, 0.1) is 11.8 Å². The van der Waals surface area contributed by atoms with Gasteiger partial charge in [0.15, 0.2) is 0 Å². The fourth-order valence-corrected chi connectivity index (χ4v) is 2.63. The third kappa shape index (κ3) is 2.93. The van der Waals surface area contributed by atoms with Crippen molar-refractivity contribution >= 4 is 5.69 Å². The van der Waals surface area contributed by atoms with E-state index in [9.17, 15) is 0 Å². The van der Waals surface area contributed by atoms with Crippen LogP contribution in [0.3, 0.4) is 0 Å². The summed E-state index contributed by atoms with van der Waals surface area (Å²) in [5.74, 6) is 2.67. The van der Waals surface area contributed by atoms with E-state index in [4.69, 9.17) is 4.74 Å². The minimum Gasteiger partial charge on any atom is -0.497 e. The summed E-state index contributed by atoms with van der Waals surface area (Å²) in [5.41, 5.74) is 1.30. The van der Waals surface area contributed by atoms with Gasteiger partial charge in [-0.2, -0.15) is 0 Å². The molecule has 0 atom stereocenters. The van der Waals surface area contributed by atoms with Gasteiger partial charge in [-0.15, -0.1) is 0 Å². The van der Waals surface area contributed by atoms with Gasteiger partial charge in [0.05, 0.1) is 7.11 Å². The Kier molecular flexibility index (Phi) is 3.93.